The van der Waals surface area contributed by atoms with Gasteiger partial charge in [-0.05, 0) is 30.5 Å². The van der Waals surface area contributed by atoms with Gasteiger partial charge in [0.25, 0.3) is 0 Å². The highest BCUT2D eigenvalue weighted by Gasteiger charge is 2.10. The molecule has 0 saturated carbocycles. The fourth-order valence-electron chi connectivity index (χ4n) is 1.85. The summed E-state index contributed by atoms with van der Waals surface area (Å²) in [5.74, 6) is 0.420. The summed E-state index contributed by atoms with van der Waals surface area (Å²) in [4.78, 5) is 4.59. The van der Waals surface area contributed by atoms with E-state index in [0.717, 1.165) is 30.5 Å². The first-order valence-electron chi connectivity index (χ1n) is 6.68. The van der Waals surface area contributed by atoms with Crippen LogP contribution in [0.2, 0.25) is 0 Å². The maximum absolute atomic E-state index is 11.5. The predicted molar refractivity (Wildman–Crippen MR) is 97.9 cm³/mol. The van der Waals surface area contributed by atoms with Gasteiger partial charge in [0.05, 0.1) is 11.4 Å². The van der Waals surface area contributed by atoms with Crippen molar-refractivity contribution in [3.8, 4) is 0 Å². The van der Waals surface area contributed by atoms with E-state index in [4.69, 9.17) is 5.73 Å². The molecule has 1 aromatic rings. The van der Waals surface area contributed by atoms with Crippen molar-refractivity contribution in [2.24, 2.45) is 10.7 Å². The van der Waals surface area contributed by atoms with Crippen LogP contribution < -0.4 is 11.1 Å². The topological polar surface area (TPSA) is 84.5 Å². The molecule has 120 valence electrons. The van der Waals surface area contributed by atoms with E-state index < -0.39 is 9.84 Å². The highest BCUT2D eigenvalue weighted by molar-refractivity contribution is 14.0. The van der Waals surface area contributed by atoms with Gasteiger partial charge in [0.1, 0.15) is 0 Å². The molecule has 0 aliphatic carbocycles. The molecule has 0 fully saturated rings. The van der Waals surface area contributed by atoms with Gasteiger partial charge in [-0.15, -0.1) is 24.0 Å². The first kappa shape index (κ1) is 20.2. The lowest BCUT2D eigenvalue weighted by molar-refractivity contribution is 0.601. The molecule has 1 rings (SSSR count). The molecule has 0 spiro atoms. The molecule has 21 heavy (non-hydrogen) atoms. The molecule has 0 aliphatic heterocycles. The second kappa shape index (κ2) is 9.24. The number of guanidine groups is 1. The standard InChI is InChI=1S/C14H23N3O2S.HI/c1-4-5-8-16-14(15)17-10-12-6-7-13(11(2)9-12)20(3,18)19;/h6-7,9H,4-5,8,10H2,1-3H3,(H3,15,16,17);1H. The Balaban J connectivity index is 0.00000400. The molecule has 0 amide bonds. The molecule has 0 unspecified atom stereocenters. The fourth-order valence-corrected chi connectivity index (χ4v) is 2.81. The van der Waals surface area contributed by atoms with Crippen LogP contribution in [-0.4, -0.2) is 27.2 Å². The number of rotatable bonds is 6. The quantitative estimate of drug-likeness (QED) is 0.317. The van der Waals surface area contributed by atoms with Crippen molar-refractivity contribution in [1.82, 2.24) is 5.32 Å². The van der Waals surface area contributed by atoms with E-state index in [-0.39, 0.29) is 24.0 Å². The Hall–Kier alpha value is -0.830. The lowest BCUT2D eigenvalue weighted by Crippen LogP contribution is -2.32. The van der Waals surface area contributed by atoms with Crippen molar-refractivity contribution in [2.45, 2.75) is 38.1 Å². The van der Waals surface area contributed by atoms with Crippen LogP contribution in [0.3, 0.4) is 0 Å². The normalized spacial score (nSPS) is 11.9. The molecule has 7 heteroatoms. The van der Waals surface area contributed by atoms with E-state index in [1.807, 2.05) is 6.07 Å². The molecule has 1 aromatic carbocycles. The third kappa shape index (κ3) is 7.12. The van der Waals surface area contributed by atoms with Crippen molar-refractivity contribution >= 4 is 39.8 Å². The maximum atomic E-state index is 11.5. The van der Waals surface area contributed by atoms with E-state index in [2.05, 4.69) is 17.2 Å². The first-order chi connectivity index (χ1) is 9.34. The number of halogens is 1. The van der Waals surface area contributed by atoms with Crippen molar-refractivity contribution in [3.05, 3.63) is 29.3 Å². The lowest BCUT2D eigenvalue weighted by Gasteiger charge is -2.07. The molecule has 0 saturated heterocycles. The highest BCUT2D eigenvalue weighted by atomic mass is 127. The Morgan fingerprint density at radius 3 is 2.57 bits per heavy atom. The largest absolute Gasteiger partial charge is 0.370 e. The van der Waals surface area contributed by atoms with E-state index >= 15 is 0 Å². The third-order valence-corrected chi connectivity index (χ3v) is 4.16. The van der Waals surface area contributed by atoms with Crippen LogP contribution in [0, 0.1) is 6.92 Å². The van der Waals surface area contributed by atoms with Gasteiger partial charge >= 0.3 is 0 Å². The summed E-state index contributed by atoms with van der Waals surface area (Å²) < 4.78 is 23.0. The van der Waals surface area contributed by atoms with E-state index in [1.165, 1.54) is 6.26 Å². The van der Waals surface area contributed by atoms with Crippen LogP contribution in [-0.2, 0) is 16.4 Å². The fraction of sp³-hybridized carbons (Fsp3) is 0.500. The summed E-state index contributed by atoms with van der Waals surface area (Å²) >= 11 is 0. The molecule has 0 heterocycles. The average Bonchev–Trinajstić information content (AvgIpc) is 2.35. The van der Waals surface area contributed by atoms with Crippen molar-refractivity contribution in [1.29, 1.82) is 0 Å². The number of nitrogens with one attached hydrogen (secondary N) is 1. The Kier molecular flexibility index (Phi) is 8.88. The van der Waals surface area contributed by atoms with Crippen molar-refractivity contribution in [2.75, 3.05) is 12.8 Å². The summed E-state index contributed by atoms with van der Waals surface area (Å²) in [6.45, 7) is 5.15. The summed E-state index contributed by atoms with van der Waals surface area (Å²) in [6, 6.07) is 5.22. The number of sulfone groups is 1. The van der Waals surface area contributed by atoms with Crippen molar-refractivity contribution in [3.63, 3.8) is 0 Å². The minimum Gasteiger partial charge on any atom is -0.370 e. The molecule has 0 aliphatic rings. The second-order valence-corrected chi connectivity index (χ2v) is 6.84. The first-order valence-corrected chi connectivity index (χ1v) is 8.57. The zero-order valence-electron chi connectivity index (χ0n) is 12.7. The van der Waals surface area contributed by atoms with E-state index in [1.54, 1.807) is 19.1 Å². The molecule has 3 N–H and O–H groups in total. The van der Waals surface area contributed by atoms with Crippen LogP contribution >= 0.6 is 24.0 Å². The smallest absolute Gasteiger partial charge is 0.188 e. The van der Waals surface area contributed by atoms with Gasteiger partial charge in [-0.25, -0.2) is 13.4 Å². The Bertz CT molecular complexity index is 586. The minimum absolute atomic E-state index is 0. The van der Waals surface area contributed by atoms with Crippen LogP contribution in [0.4, 0.5) is 0 Å². The second-order valence-electron chi connectivity index (χ2n) is 4.85. The minimum atomic E-state index is -3.17. The third-order valence-electron chi connectivity index (χ3n) is 2.91. The number of aryl methyl sites for hydroxylation is 1. The number of hydrogen-bond acceptors (Lipinski definition) is 3. The van der Waals surface area contributed by atoms with Crippen molar-refractivity contribution < 1.29 is 8.42 Å². The SMILES string of the molecule is CCCCNC(N)=NCc1ccc(S(C)(=O)=O)c(C)c1.I. The number of aliphatic imine (C=N–C) groups is 1. The van der Waals surface area contributed by atoms with E-state index in [0.29, 0.717) is 17.4 Å². The average molecular weight is 425 g/mol. The van der Waals surface area contributed by atoms with Crippen LogP contribution in [0.15, 0.2) is 28.1 Å². The number of benzene rings is 1. The Morgan fingerprint density at radius 2 is 2.05 bits per heavy atom. The summed E-state index contributed by atoms with van der Waals surface area (Å²) in [6.07, 6.45) is 3.37. The van der Waals surface area contributed by atoms with Crippen LogP contribution in [0.5, 0.6) is 0 Å². The monoisotopic (exact) mass is 425 g/mol. The van der Waals surface area contributed by atoms with Crippen LogP contribution in [0.1, 0.15) is 30.9 Å². The molecular weight excluding hydrogens is 401 g/mol. The van der Waals surface area contributed by atoms with E-state index in [9.17, 15) is 8.42 Å². The number of hydrogen-bond donors (Lipinski definition) is 2. The number of unbranched alkanes of at least 4 members (excludes halogenated alkanes) is 1. The van der Waals surface area contributed by atoms with Gasteiger partial charge in [0, 0.05) is 12.8 Å². The Labute approximate surface area is 144 Å². The zero-order chi connectivity index (χ0) is 15.2. The molecule has 0 atom stereocenters. The molecule has 0 radical (unpaired) electrons. The Morgan fingerprint density at radius 1 is 1.38 bits per heavy atom. The number of nitrogens with zero attached hydrogens (tertiary/aromatic N) is 1. The van der Waals surface area contributed by atoms with Gasteiger partial charge < -0.3 is 11.1 Å². The summed E-state index contributed by atoms with van der Waals surface area (Å²) in [7, 11) is -3.17. The van der Waals surface area contributed by atoms with Gasteiger partial charge in [-0.1, -0.05) is 25.5 Å². The van der Waals surface area contributed by atoms with Gasteiger partial charge in [-0.3, -0.25) is 0 Å². The number of nitrogens with two attached hydrogens (primary N) is 1. The summed E-state index contributed by atoms with van der Waals surface area (Å²) in [5, 5.41) is 3.04. The highest BCUT2D eigenvalue weighted by Crippen LogP contribution is 2.17. The van der Waals surface area contributed by atoms with Gasteiger partial charge in [0.2, 0.25) is 0 Å². The maximum Gasteiger partial charge on any atom is 0.188 e. The molecular formula is C14H24IN3O2S. The van der Waals surface area contributed by atoms with Gasteiger partial charge in [0.15, 0.2) is 15.8 Å². The summed E-state index contributed by atoms with van der Waals surface area (Å²) in [5.41, 5.74) is 7.42. The molecule has 0 bridgehead atoms. The molecule has 0 aromatic heterocycles. The molecule has 5 nitrogen and oxygen atoms in total. The van der Waals surface area contributed by atoms with Gasteiger partial charge in [-0.2, -0.15) is 0 Å². The lowest BCUT2D eigenvalue weighted by atomic mass is 10.1. The zero-order valence-corrected chi connectivity index (χ0v) is 15.9. The van der Waals surface area contributed by atoms with Crippen LogP contribution in [0.25, 0.3) is 0 Å². The predicted octanol–water partition coefficient (Wildman–Crippen LogP) is 2.22.